The van der Waals surface area contributed by atoms with Crippen LogP contribution in [0.5, 0.6) is 0 Å². The average Bonchev–Trinajstić information content (AvgIpc) is 3.04. The van der Waals surface area contributed by atoms with Crippen molar-refractivity contribution in [3.63, 3.8) is 0 Å². The van der Waals surface area contributed by atoms with E-state index in [9.17, 15) is 5.11 Å². The Morgan fingerprint density at radius 2 is 1.41 bits per heavy atom. The molecule has 0 aromatic heterocycles. The average molecular weight is 417 g/mol. The van der Waals surface area contributed by atoms with Gasteiger partial charge in [0.25, 0.3) is 8.32 Å². The minimum absolute atomic E-state index is 0.138. The zero-order valence-electron chi connectivity index (χ0n) is 17.9. The molecule has 1 saturated heterocycles. The van der Waals surface area contributed by atoms with Crippen LogP contribution in [0.4, 0.5) is 0 Å². The maximum absolute atomic E-state index is 10.7. The quantitative estimate of drug-likeness (QED) is 0.702. The Morgan fingerprint density at radius 3 is 1.79 bits per heavy atom. The summed E-state index contributed by atoms with van der Waals surface area (Å²) in [5, 5.41) is 12.9. The Hall–Kier alpha value is -1.54. The van der Waals surface area contributed by atoms with Gasteiger partial charge < -0.3 is 23.7 Å². The molecule has 1 N–H and O–H groups in total. The van der Waals surface area contributed by atoms with Gasteiger partial charge in [0.05, 0.1) is 6.61 Å². The zero-order valence-corrected chi connectivity index (χ0v) is 18.9. The zero-order chi connectivity index (χ0) is 21.1. The lowest BCUT2D eigenvalue weighted by Gasteiger charge is -2.43. The summed E-state index contributed by atoms with van der Waals surface area (Å²) in [7, 11) is 0.417. The van der Waals surface area contributed by atoms with Crippen LogP contribution in [0.3, 0.4) is 0 Å². The van der Waals surface area contributed by atoms with Gasteiger partial charge in [0.15, 0.2) is 6.29 Å². The fourth-order valence-corrected chi connectivity index (χ4v) is 8.82. The number of hydrogen-bond donors (Lipinski definition) is 1. The first-order valence-corrected chi connectivity index (χ1v) is 11.9. The molecule has 4 atom stereocenters. The summed E-state index contributed by atoms with van der Waals surface area (Å²) >= 11 is 0. The van der Waals surface area contributed by atoms with Crippen LogP contribution in [0.15, 0.2) is 60.7 Å². The maximum atomic E-state index is 10.7. The van der Waals surface area contributed by atoms with E-state index in [4.69, 9.17) is 18.6 Å². The summed E-state index contributed by atoms with van der Waals surface area (Å²) in [6.45, 7) is 6.93. The molecule has 1 aliphatic rings. The van der Waals surface area contributed by atoms with E-state index in [-0.39, 0.29) is 11.6 Å². The van der Waals surface area contributed by atoms with Crippen molar-refractivity contribution in [3.8, 4) is 0 Å². The van der Waals surface area contributed by atoms with Crippen molar-refractivity contribution in [2.24, 2.45) is 0 Å². The summed E-state index contributed by atoms with van der Waals surface area (Å²) < 4.78 is 23.5. The molecule has 1 aliphatic heterocycles. The van der Waals surface area contributed by atoms with Gasteiger partial charge in [0.1, 0.15) is 18.3 Å². The van der Waals surface area contributed by atoms with E-state index in [0.717, 1.165) is 0 Å². The molecule has 0 bridgehead atoms. The molecule has 0 aliphatic carbocycles. The summed E-state index contributed by atoms with van der Waals surface area (Å²) in [6.07, 6.45) is -2.48. The molecule has 0 radical (unpaired) electrons. The first kappa shape index (κ1) is 22.1. The van der Waals surface area contributed by atoms with Crippen molar-refractivity contribution in [1.82, 2.24) is 0 Å². The van der Waals surface area contributed by atoms with Gasteiger partial charge in [-0.25, -0.2) is 0 Å². The molecule has 5 nitrogen and oxygen atoms in total. The fraction of sp³-hybridized carbons (Fsp3) is 0.478. The van der Waals surface area contributed by atoms with Gasteiger partial charge in [-0.05, 0) is 15.4 Å². The molecule has 2 aromatic rings. The van der Waals surface area contributed by atoms with Crippen LogP contribution in [-0.4, -0.2) is 58.9 Å². The van der Waals surface area contributed by atoms with E-state index in [1.807, 2.05) is 12.1 Å². The number of aliphatic hydroxyl groups excluding tert-OH is 1. The molecule has 1 fully saturated rings. The number of benzene rings is 2. The second kappa shape index (κ2) is 9.08. The number of hydrogen-bond acceptors (Lipinski definition) is 5. The molecule has 2 aromatic carbocycles. The van der Waals surface area contributed by atoms with Crippen LogP contribution >= 0.6 is 0 Å². The van der Waals surface area contributed by atoms with Crippen molar-refractivity contribution in [2.45, 2.75) is 50.4 Å². The van der Waals surface area contributed by atoms with E-state index in [2.05, 4.69) is 69.3 Å². The summed E-state index contributed by atoms with van der Waals surface area (Å²) in [4.78, 5) is 0. The SMILES string of the molecule is CO[C@@H]1O[C@H](CO[Si](c2ccccc2)(c2ccccc2)C(C)(C)C)[C@H](O)[C@H]1OC. The standard InChI is InChI=1S/C23H32O5Si/c1-23(2,3)29(17-12-8-6-9-13-17,18-14-10-7-11-15-18)27-16-19-20(24)21(25-4)22(26-5)28-19/h6-15,19-22,24H,16H2,1-5H3/t19-,20+,21-,22-/m1/s1. The van der Waals surface area contributed by atoms with Crippen molar-refractivity contribution in [3.05, 3.63) is 60.7 Å². The Kier molecular flexibility index (Phi) is 6.93. The van der Waals surface area contributed by atoms with E-state index >= 15 is 0 Å². The Labute approximate surface area is 174 Å². The highest BCUT2D eigenvalue weighted by molar-refractivity contribution is 6.99. The molecule has 6 heteroatoms. The molecular formula is C23H32O5Si. The van der Waals surface area contributed by atoms with Crippen LogP contribution in [0, 0.1) is 0 Å². The number of rotatable bonds is 7. The normalized spacial score (nSPS) is 25.3. The van der Waals surface area contributed by atoms with Gasteiger partial charge in [-0.15, -0.1) is 0 Å². The van der Waals surface area contributed by atoms with E-state index in [1.165, 1.54) is 10.4 Å². The minimum Gasteiger partial charge on any atom is -0.405 e. The lowest BCUT2D eigenvalue weighted by atomic mass is 10.1. The van der Waals surface area contributed by atoms with Gasteiger partial charge >= 0.3 is 0 Å². The fourth-order valence-electron chi connectivity index (χ4n) is 4.25. The van der Waals surface area contributed by atoms with Crippen LogP contribution in [0.1, 0.15) is 20.8 Å². The van der Waals surface area contributed by atoms with E-state index in [0.29, 0.717) is 0 Å². The molecule has 0 spiro atoms. The first-order chi connectivity index (χ1) is 13.8. The van der Waals surface area contributed by atoms with Crippen molar-refractivity contribution in [2.75, 3.05) is 20.8 Å². The van der Waals surface area contributed by atoms with Gasteiger partial charge in [0, 0.05) is 14.2 Å². The van der Waals surface area contributed by atoms with Crippen molar-refractivity contribution < 1.29 is 23.7 Å². The molecule has 0 unspecified atom stereocenters. The summed E-state index contributed by atoms with van der Waals surface area (Å²) in [5.41, 5.74) is 0. The highest BCUT2D eigenvalue weighted by Crippen LogP contribution is 2.37. The van der Waals surface area contributed by atoms with Crippen LogP contribution in [0.2, 0.25) is 5.04 Å². The number of aliphatic hydroxyl groups is 1. The highest BCUT2D eigenvalue weighted by Gasteiger charge is 2.52. The number of methoxy groups -OCH3 is 2. The monoisotopic (exact) mass is 416 g/mol. The third-order valence-electron chi connectivity index (χ3n) is 5.68. The van der Waals surface area contributed by atoms with Gasteiger partial charge in [-0.3, -0.25) is 0 Å². The molecule has 0 amide bonds. The predicted molar refractivity (Wildman–Crippen MR) is 116 cm³/mol. The first-order valence-electron chi connectivity index (χ1n) is 9.99. The molecule has 0 saturated carbocycles. The summed E-state index contributed by atoms with van der Waals surface area (Å²) in [5.74, 6) is 0. The molecule has 1 heterocycles. The predicted octanol–water partition coefficient (Wildman–Crippen LogP) is 2.31. The lowest BCUT2D eigenvalue weighted by molar-refractivity contribution is -0.158. The molecule has 29 heavy (non-hydrogen) atoms. The van der Waals surface area contributed by atoms with Crippen molar-refractivity contribution in [1.29, 1.82) is 0 Å². The molecule has 158 valence electrons. The van der Waals surface area contributed by atoms with Gasteiger partial charge in [-0.2, -0.15) is 0 Å². The second-order valence-electron chi connectivity index (χ2n) is 8.44. The van der Waals surface area contributed by atoms with E-state index < -0.39 is 32.9 Å². The van der Waals surface area contributed by atoms with Crippen LogP contribution < -0.4 is 10.4 Å². The Balaban J connectivity index is 1.99. The topological polar surface area (TPSA) is 57.2 Å². The summed E-state index contributed by atoms with van der Waals surface area (Å²) in [6, 6.07) is 20.8. The Bertz CT molecular complexity index is 722. The number of ether oxygens (including phenoxy) is 3. The second-order valence-corrected chi connectivity index (χ2v) is 12.7. The maximum Gasteiger partial charge on any atom is 0.261 e. The van der Waals surface area contributed by atoms with E-state index in [1.54, 1.807) is 14.2 Å². The molecule has 3 rings (SSSR count). The Morgan fingerprint density at radius 1 is 0.897 bits per heavy atom. The third kappa shape index (κ3) is 4.19. The largest absolute Gasteiger partial charge is 0.405 e. The molecular weight excluding hydrogens is 384 g/mol. The van der Waals surface area contributed by atoms with Crippen LogP contribution in [0.25, 0.3) is 0 Å². The van der Waals surface area contributed by atoms with Gasteiger partial charge in [-0.1, -0.05) is 81.4 Å². The van der Waals surface area contributed by atoms with Gasteiger partial charge in [0.2, 0.25) is 0 Å². The third-order valence-corrected chi connectivity index (χ3v) is 10.7. The highest BCUT2D eigenvalue weighted by atomic mass is 28.4. The minimum atomic E-state index is -2.68. The van der Waals surface area contributed by atoms with Crippen molar-refractivity contribution >= 4 is 18.7 Å². The van der Waals surface area contributed by atoms with Crippen LogP contribution in [-0.2, 0) is 18.6 Å². The smallest absolute Gasteiger partial charge is 0.261 e. The lowest BCUT2D eigenvalue weighted by Crippen LogP contribution is -2.67.